The van der Waals surface area contributed by atoms with Crippen LogP contribution in [0.2, 0.25) is 0 Å². The van der Waals surface area contributed by atoms with Crippen LogP contribution in [0.5, 0.6) is 0 Å². The lowest BCUT2D eigenvalue weighted by Crippen LogP contribution is -2.45. The van der Waals surface area contributed by atoms with Crippen LogP contribution in [-0.4, -0.2) is 42.2 Å². The Bertz CT molecular complexity index is 1020. The first kappa shape index (κ1) is 37.6. The Morgan fingerprint density at radius 3 is 2.07 bits per heavy atom. The third-order valence-corrected chi connectivity index (χ3v) is 7.19. The normalized spacial score (nSPS) is 12.6. The van der Waals surface area contributed by atoms with Crippen molar-refractivity contribution in [3.63, 3.8) is 0 Å². The molecule has 1 rings (SSSR count). The molecule has 0 aliphatic rings. The summed E-state index contributed by atoms with van der Waals surface area (Å²) in [5.41, 5.74) is 6.48. The predicted octanol–water partition coefficient (Wildman–Crippen LogP) is 5.49. The van der Waals surface area contributed by atoms with Gasteiger partial charge < -0.3 is 26.4 Å². The van der Waals surface area contributed by atoms with E-state index in [-0.39, 0.29) is 55.0 Å². The summed E-state index contributed by atoms with van der Waals surface area (Å²) in [4.78, 5) is 62.2. The molecule has 1 aromatic carbocycles. The van der Waals surface area contributed by atoms with Crippen molar-refractivity contribution in [2.75, 3.05) is 11.9 Å². The van der Waals surface area contributed by atoms with Gasteiger partial charge in [-0.2, -0.15) is 0 Å². The molecule has 2 atom stereocenters. The van der Waals surface area contributed by atoms with Gasteiger partial charge in [-0.3, -0.25) is 19.2 Å². The number of ketones is 1. The maximum Gasteiger partial charge on any atom is 0.312 e. The zero-order valence-corrected chi connectivity index (χ0v) is 27.0. The highest BCUT2D eigenvalue weighted by atomic mass is 16.5. The fourth-order valence-corrected chi connectivity index (χ4v) is 4.56. The molecule has 4 amide bonds. The maximum absolute atomic E-state index is 13.4. The number of urea groups is 1. The average Bonchev–Trinajstić information content (AvgIpc) is 2.93. The molecule has 10 heteroatoms. The number of carbonyl (C=O) groups excluding carboxylic acids is 5. The van der Waals surface area contributed by atoms with Gasteiger partial charge in [-0.1, -0.05) is 79.4 Å². The van der Waals surface area contributed by atoms with Crippen molar-refractivity contribution < 1.29 is 28.7 Å². The highest BCUT2D eigenvalue weighted by Gasteiger charge is 2.29. The first-order valence-electron chi connectivity index (χ1n) is 15.7. The summed E-state index contributed by atoms with van der Waals surface area (Å²) < 4.78 is 5.25. The van der Waals surface area contributed by atoms with Crippen LogP contribution >= 0.6 is 0 Å². The van der Waals surface area contributed by atoms with Crippen LogP contribution in [0.1, 0.15) is 105 Å². The zero-order chi connectivity index (χ0) is 32.4. The number of rotatable bonds is 21. The van der Waals surface area contributed by atoms with Gasteiger partial charge in [-0.25, -0.2) is 4.79 Å². The maximum atomic E-state index is 13.4. The summed E-state index contributed by atoms with van der Waals surface area (Å²) in [6.07, 6.45) is 6.30. The van der Waals surface area contributed by atoms with Crippen LogP contribution in [0, 0.1) is 23.7 Å². The molecule has 0 bridgehead atoms. The number of Topliss-reactive ketones (excluding diaryl/α,β-unsaturated/α-hetero) is 1. The number of unbranched alkanes of at least 4 members (excludes halogenated alkanes) is 3. The minimum absolute atomic E-state index is 0.0516. The van der Waals surface area contributed by atoms with Gasteiger partial charge >= 0.3 is 12.0 Å². The third-order valence-electron chi connectivity index (χ3n) is 7.19. The molecule has 0 aromatic heterocycles. The summed E-state index contributed by atoms with van der Waals surface area (Å²) in [7, 11) is 0. The van der Waals surface area contributed by atoms with E-state index in [9.17, 15) is 24.0 Å². The third kappa shape index (κ3) is 16.7. The summed E-state index contributed by atoms with van der Waals surface area (Å²) in [5.74, 6) is -1.32. The standard InChI is InChI=1S/C33H54N4O6/c1-22(2)12-9-7-8-10-14-29(39)37-30(23(3)4)28(38)20-26(13-11-19-35-33(34)42)31(40)36-27-17-15-25(16-18-27)21-43-32(41)24(5)6/h15-18,22-24,26,30H,7-14,19-21H2,1-6H3,(H,36,40)(H,37,39)(H3,34,35,42)/t26-,30+/m1/s1. The van der Waals surface area contributed by atoms with E-state index in [1.807, 2.05) is 13.8 Å². The number of hydrogen-bond acceptors (Lipinski definition) is 6. The van der Waals surface area contributed by atoms with E-state index < -0.39 is 18.0 Å². The smallest absolute Gasteiger partial charge is 0.312 e. The quantitative estimate of drug-likeness (QED) is 0.108. The summed E-state index contributed by atoms with van der Waals surface area (Å²) in [6.45, 7) is 12.1. The molecule has 0 saturated heterocycles. The van der Waals surface area contributed by atoms with Crippen molar-refractivity contribution in [2.45, 2.75) is 112 Å². The minimum Gasteiger partial charge on any atom is -0.461 e. The van der Waals surface area contributed by atoms with E-state index in [2.05, 4.69) is 29.8 Å². The number of hydrogen-bond donors (Lipinski definition) is 4. The van der Waals surface area contributed by atoms with Crippen LogP contribution in [0.25, 0.3) is 0 Å². The minimum atomic E-state index is -0.694. The summed E-state index contributed by atoms with van der Waals surface area (Å²) >= 11 is 0. The molecule has 0 radical (unpaired) electrons. The molecule has 5 N–H and O–H groups in total. The second kappa shape index (κ2) is 20.5. The SMILES string of the molecule is CC(C)CCCCCCC(=O)N[C@H](C(=O)C[C@@H](CCCNC(N)=O)C(=O)Nc1ccc(COC(=O)C(C)C)cc1)C(C)C. The lowest BCUT2D eigenvalue weighted by Gasteiger charge is -2.24. The van der Waals surface area contributed by atoms with Crippen molar-refractivity contribution >= 4 is 35.3 Å². The number of nitrogens with one attached hydrogen (secondary N) is 3. The lowest BCUT2D eigenvalue weighted by molar-refractivity contribution is -0.148. The molecular weight excluding hydrogens is 548 g/mol. The lowest BCUT2D eigenvalue weighted by atomic mass is 9.89. The van der Waals surface area contributed by atoms with E-state index in [0.29, 0.717) is 30.9 Å². The van der Waals surface area contributed by atoms with Crippen LogP contribution in [0.15, 0.2) is 24.3 Å². The van der Waals surface area contributed by atoms with Gasteiger partial charge in [0.05, 0.1) is 12.0 Å². The molecule has 1 aromatic rings. The van der Waals surface area contributed by atoms with E-state index in [1.54, 1.807) is 38.1 Å². The van der Waals surface area contributed by atoms with Crippen molar-refractivity contribution in [1.82, 2.24) is 10.6 Å². The first-order chi connectivity index (χ1) is 20.3. The Hall–Kier alpha value is -3.43. The number of amides is 4. The van der Waals surface area contributed by atoms with Crippen LogP contribution in [0.4, 0.5) is 10.5 Å². The first-order valence-corrected chi connectivity index (χ1v) is 15.7. The predicted molar refractivity (Wildman–Crippen MR) is 169 cm³/mol. The molecule has 0 heterocycles. The van der Waals surface area contributed by atoms with Gasteiger partial charge in [0.2, 0.25) is 11.8 Å². The topological polar surface area (TPSA) is 157 Å². The molecule has 0 saturated carbocycles. The number of nitrogens with two attached hydrogens (primary N) is 1. The van der Waals surface area contributed by atoms with E-state index in [0.717, 1.165) is 31.2 Å². The second-order valence-electron chi connectivity index (χ2n) is 12.4. The van der Waals surface area contributed by atoms with Gasteiger partial charge in [0.1, 0.15) is 6.61 Å². The van der Waals surface area contributed by atoms with Crippen molar-refractivity contribution in [3.05, 3.63) is 29.8 Å². The van der Waals surface area contributed by atoms with Gasteiger partial charge in [0, 0.05) is 31.0 Å². The largest absolute Gasteiger partial charge is 0.461 e. The molecule has 0 aliphatic heterocycles. The number of esters is 1. The van der Waals surface area contributed by atoms with Crippen molar-refractivity contribution in [2.24, 2.45) is 29.4 Å². The van der Waals surface area contributed by atoms with Gasteiger partial charge in [0.25, 0.3) is 0 Å². The number of benzene rings is 1. The molecule has 0 spiro atoms. The van der Waals surface area contributed by atoms with Gasteiger partial charge in [0.15, 0.2) is 5.78 Å². The van der Waals surface area contributed by atoms with Crippen molar-refractivity contribution in [3.8, 4) is 0 Å². The van der Waals surface area contributed by atoms with Crippen LogP contribution < -0.4 is 21.7 Å². The number of ether oxygens (including phenoxy) is 1. The summed E-state index contributed by atoms with van der Waals surface area (Å²) in [5, 5.41) is 8.28. The monoisotopic (exact) mass is 602 g/mol. The Kier molecular flexibility index (Phi) is 17.9. The fourth-order valence-electron chi connectivity index (χ4n) is 4.56. The van der Waals surface area contributed by atoms with Gasteiger partial charge in [-0.05, 0) is 48.8 Å². The molecule has 10 nitrogen and oxygen atoms in total. The highest BCUT2D eigenvalue weighted by molar-refractivity contribution is 5.97. The molecule has 0 unspecified atom stereocenters. The van der Waals surface area contributed by atoms with E-state index in [4.69, 9.17) is 10.5 Å². The van der Waals surface area contributed by atoms with Gasteiger partial charge in [-0.15, -0.1) is 0 Å². The van der Waals surface area contributed by atoms with Crippen molar-refractivity contribution in [1.29, 1.82) is 0 Å². The number of anilines is 1. The summed E-state index contributed by atoms with van der Waals surface area (Å²) in [6, 6.07) is 5.59. The van der Waals surface area contributed by atoms with Crippen LogP contribution in [0.3, 0.4) is 0 Å². The van der Waals surface area contributed by atoms with Crippen LogP contribution in [-0.2, 0) is 30.5 Å². The Balaban J connectivity index is 2.80. The molecule has 43 heavy (non-hydrogen) atoms. The van der Waals surface area contributed by atoms with E-state index in [1.165, 1.54) is 6.42 Å². The Morgan fingerprint density at radius 1 is 0.837 bits per heavy atom. The second-order valence-corrected chi connectivity index (χ2v) is 12.4. The Morgan fingerprint density at radius 2 is 1.49 bits per heavy atom. The number of carbonyl (C=O) groups is 5. The molecular formula is C33H54N4O6. The Labute approximate surface area is 257 Å². The number of primary amides is 1. The molecule has 0 fully saturated rings. The average molecular weight is 603 g/mol. The molecule has 242 valence electrons. The fraction of sp³-hybridized carbons (Fsp3) is 0.667. The zero-order valence-electron chi connectivity index (χ0n) is 27.0. The highest BCUT2D eigenvalue weighted by Crippen LogP contribution is 2.20. The van der Waals surface area contributed by atoms with E-state index >= 15 is 0 Å². The molecule has 0 aliphatic carbocycles.